The number of pyridine rings is 1. The Balaban J connectivity index is 1.79. The molecule has 1 atom stereocenters. The number of aromatic nitrogens is 1. The molecule has 4 heteroatoms. The number of thiophene rings is 1. The lowest BCUT2D eigenvalue weighted by Crippen LogP contribution is -2.25. The molecule has 3 nitrogen and oxygen atoms in total. The van der Waals surface area contributed by atoms with Gasteiger partial charge in [0.1, 0.15) is 0 Å². The molecule has 2 aromatic heterocycles. The Morgan fingerprint density at radius 3 is 2.79 bits per heavy atom. The smallest absolute Gasteiger partial charge is 0.0569 e. The van der Waals surface area contributed by atoms with Crippen molar-refractivity contribution in [3.8, 4) is 0 Å². The van der Waals surface area contributed by atoms with Gasteiger partial charge in [-0.3, -0.25) is 4.98 Å². The number of hydrogen-bond acceptors (Lipinski definition) is 4. The maximum Gasteiger partial charge on any atom is 0.0569 e. The van der Waals surface area contributed by atoms with Crippen molar-refractivity contribution in [3.63, 3.8) is 0 Å². The molecule has 0 saturated heterocycles. The van der Waals surface area contributed by atoms with Gasteiger partial charge in [0.25, 0.3) is 0 Å². The third kappa shape index (κ3) is 2.96. The zero-order chi connectivity index (χ0) is 13.2. The van der Waals surface area contributed by atoms with Crippen LogP contribution in [-0.2, 0) is 6.54 Å². The standard InChI is InChI=1S/C15H19N3S/c1-11(16)15-5-4-14(8-17-15)18(13-2-3-13)9-12-6-7-19-10-12/h4-8,10-11,13H,2-3,9,16H2,1H3/t11-/m0/s1. The molecule has 2 heterocycles. The van der Waals surface area contributed by atoms with Crippen LogP contribution in [0.5, 0.6) is 0 Å². The van der Waals surface area contributed by atoms with Crippen LogP contribution < -0.4 is 10.6 Å². The van der Waals surface area contributed by atoms with E-state index in [1.165, 1.54) is 24.1 Å². The minimum absolute atomic E-state index is 0.000277. The first-order chi connectivity index (χ1) is 9.24. The molecule has 0 spiro atoms. The lowest BCUT2D eigenvalue weighted by Gasteiger charge is -2.24. The quantitative estimate of drug-likeness (QED) is 0.908. The van der Waals surface area contributed by atoms with Crippen molar-refractivity contribution in [2.75, 3.05) is 4.90 Å². The Labute approximate surface area is 118 Å². The summed E-state index contributed by atoms with van der Waals surface area (Å²) in [6, 6.07) is 7.08. The number of hydrogen-bond donors (Lipinski definition) is 1. The number of rotatable bonds is 5. The van der Waals surface area contributed by atoms with E-state index in [2.05, 4.69) is 32.8 Å². The molecule has 1 aliphatic rings. The number of anilines is 1. The van der Waals surface area contributed by atoms with Crippen molar-refractivity contribution in [1.29, 1.82) is 0 Å². The summed E-state index contributed by atoms with van der Waals surface area (Å²) in [5.74, 6) is 0. The van der Waals surface area contributed by atoms with E-state index in [0.29, 0.717) is 6.04 Å². The molecule has 1 aliphatic carbocycles. The zero-order valence-electron chi connectivity index (χ0n) is 11.1. The molecule has 0 radical (unpaired) electrons. The van der Waals surface area contributed by atoms with Crippen LogP contribution >= 0.6 is 11.3 Å². The summed E-state index contributed by atoms with van der Waals surface area (Å²) in [7, 11) is 0. The summed E-state index contributed by atoms with van der Waals surface area (Å²) in [6.45, 7) is 2.94. The fraction of sp³-hybridized carbons (Fsp3) is 0.400. The molecule has 100 valence electrons. The van der Waals surface area contributed by atoms with Gasteiger partial charge in [-0.25, -0.2) is 0 Å². The fourth-order valence-electron chi connectivity index (χ4n) is 2.23. The highest BCUT2D eigenvalue weighted by Crippen LogP contribution is 2.33. The Kier molecular flexibility index (Phi) is 3.53. The average molecular weight is 273 g/mol. The fourth-order valence-corrected chi connectivity index (χ4v) is 2.89. The second kappa shape index (κ2) is 5.31. The van der Waals surface area contributed by atoms with Gasteiger partial charge in [-0.2, -0.15) is 11.3 Å². The number of nitrogens with two attached hydrogens (primary N) is 1. The first kappa shape index (κ1) is 12.6. The van der Waals surface area contributed by atoms with Gasteiger partial charge in [0.15, 0.2) is 0 Å². The van der Waals surface area contributed by atoms with Crippen LogP contribution in [0.1, 0.15) is 37.1 Å². The number of nitrogens with zero attached hydrogens (tertiary/aromatic N) is 2. The van der Waals surface area contributed by atoms with Crippen molar-refractivity contribution in [3.05, 3.63) is 46.4 Å². The summed E-state index contributed by atoms with van der Waals surface area (Å²) in [5.41, 5.74) is 9.39. The maximum atomic E-state index is 5.85. The van der Waals surface area contributed by atoms with E-state index in [4.69, 9.17) is 5.73 Å². The van der Waals surface area contributed by atoms with Crippen LogP contribution in [0.4, 0.5) is 5.69 Å². The normalized spacial score (nSPS) is 16.3. The van der Waals surface area contributed by atoms with E-state index in [1.54, 1.807) is 11.3 Å². The molecule has 1 fully saturated rings. The molecule has 0 amide bonds. The summed E-state index contributed by atoms with van der Waals surface area (Å²) >= 11 is 1.76. The Morgan fingerprint density at radius 2 is 2.26 bits per heavy atom. The highest BCUT2D eigenvalue weighted by atomic mass is 32.1. The first-order valence-corrected chi connectivity index (χ1v) is 7.67. The monoisotopic (exact) mass is 273 g/mol. The van der Waals surface area contributed by atoms with Gasteiger partial charge in [-0.1, -0.05) is 0 Å². The van der Waals surface area contributed by atoms with Crippen LogP contribution in [0, 0.1) is 0 Å². The summed E-state index contributed by atoms with van der Waals surface area (Å²) in [5, 5.41) is 4.36. The van der Waals surface area contributed by atoms with Crippen molar-refractivity contribution < 1.29 is 0 Å². The molecule has 0 aromatic carbocycles. The van der Waals surface area contributed by atoms with E-state index in [1.807, 2.05) is 19.2 Å². The third-order valence-corrected chi connectivity index (χ3v) is 4.22. The Hall–Kier alpha value is -1.39. The lowest BCUT2D eigenvalue weighted by molar-refractivity contribution is 0.767. The SMILES string of the molecule is C[C@H](N)c1ccc(N(Cc2ccsc2)C2CC2)cn1. The highest BCUT2D eigenvalue weighted by Gasteiger charge is 2.29. The van der Waals surface area contributed by atoms with Crippen LogP contribution in [-0.4, -0.2) is 11.0 Å². The van der Waals surface area contributed by atoms with Crippen LogP contribution in [0.15, 0.2) is 35.2 Å². The first-order valence-electron chi connectivity index (χ1n) is 6.73. The van der Waals surface area contributed by atoms with Gasteiger partial charge in [0.2, 0.25) is 0 Å². The lowest BCUT2D eigenvalue weighted by atomic mass is 10.2. The molecule has 0 bridgehead atoms. The van der Waals surface area contributed by atoms with Gasteiger partial charge in [-0.05, 0) is 54.3 Å². The van der Waals surface area contributed by atoms with Crippen LogP contribution in [0.3, 0.4) is 0 Å². The summed E-state index contributed by atoms with van der Waals surface area (Å²) in [6.07, 6.45) is 4.54. The van der Waals surface area contributed by atoms with Crippen molar-refractivity contribution in [2.24, 2.45) is 5.73 Å². The molecule has 19 heavy (non-hydrogen) atoms. The third-order valence-electron chi connectivity index (χ3n) is 3.49. The second-order valence-corrected chi connectivity index (χ2v) is 6.00. The van der Waals surface area contributed by atoms with Gasteiger partial charge < -0.3 is 10.6 Å². The molecular formula is C15H19N3S. The van der Waals surface area contributed by atoms with Crippen LogP contribution in [0.2, 0.25) is 0 Å². The predicted octanol–water partition coefficient (Wildman–Crippen LogP) is 3.33. The van der Waals surface area contributed by atoms with Crippen molar-refractivity contribution >= 4 is 17.0 Å². The molecule has 3 rings (SSSR count). The molecule has 0 unspecified atom stereocenters. The molecule has 2 N–H and O–H groups in total. The summed E-state index contributed by atoms with van der Waals surface area (Å²) in [4.78, 5) is 6.93. The van der Waals surface area contributed by atoms with E-state index >= 15 is 0 Å². The maximum absolute atomic E-state index is 5.85. The predicted molar refractivity (Wildman–Crippen MR) is 80.4 cm³/mol. The largest absolute Gasteiger partial charge is 0.363 e. The van der Waals surface area contributed by atoms with E-state index in [0.717, 1.165) is 12.2 Å². The Bertz CT molecular complexity index is 515. The molecule has 1 saturated carbocycles. The van der Waals surface area contributed by atoms with Crippen LogP contribution in [0.25, 0.3) is 0 Å². The minimum atomic E-state index is 0.000277. The summed E-state index contributed by atoms with van der Waals surface area (Å²) < 4.78 is 0. The molecular weight excluding hydrogens is 254 g/mol. The van der Waals surface area contributed by atoms with Gasteiger partial charge in [-0.15, -0.1) is 0 Å². The second-order valence-electron chi connectivity index (χ2n) is 5.22. The minimum Gasteiger partial charge on any atom is -0.363 e. The van der Waals surface area contributed by atoms with Crippen molar-refractivity contribution in [1.82, 2.24) is 4.98 Å². The topological polar surface area (TPSA) is 42.1 Å². The van der Waals surface area contributed by atoms with Gasteiger partial charge in [0, 0.05) is 18.6 Å². The van der Waals surface area contributed by atoms with E-state index in [9.17, 15) is 0 Å². The van der Waals surface area contributed by atoms with Gasteiger partial charge >= 0.3 is 0 Å². The highest BCUT2D eigenvalue weighted by molar-refractivity contribution is 7.07. The van der Waals surface area contributed by atoms with E-state index in [-0.39, 0.29) is 6.04 Å². The zero-order valence-corrected chi connectivity index (χ0v) is 11.9. The Morgan fingerprint density at radius 1 is 1.42 bits per heavy atom. The average Bonchev–Trinajstić information content (AvgIpc) is 3.13. The van der Waals surface area contributed by atoms with Gasteiger partial charge in [0.05, 0.1) is 17.6 Å². The van der Waals surface area contributed by atoms with E-state index < -0.39 is 0 Å². The van der Waals surface area contributed by atoms with Crippen molar-refractivity contribution in [2.45, 2.75) is 38.4 Å². The molecule has 2 aromatic rings. The molecule has 0 aliphatic heterocycles.